The van der Waals surface area contributed by atoms with E-state index in [-0.39, 0.29) is 24.4 Å². The lowest BCUT2D eigenvalue weighted by Gasteiger charge is -2.23. The van der Waals surface area contributed by atoms with Gasteiger partial charge in [-0.05, 0) is 37.4 Å². The van der Waals surface area contributed by atoms with Crippen LogP contribution in [0, 0.1) is 5.92 Å². The van der Waals surface area contributed by atoms with Gasteiger partial charge < -0.3 is 20.5 Å². The number of nitrogens with two attached hydrogens (primary N) is 1. The fraction of sp³-hybridized carbons (Fsp3) is 0.533. The van der Waals surface area contributed by atoms with Crippen molar-refractivity contribution in [2.45, 2.75) is 25.3 Å². The van der Waals surface area contributed by atoms with Crippen molar-refractivity contribution in [3.8, 4) is 11.5 Å². The number of para-hydroxylation sites is 1. The average Bonchev–Trinajstić information content (AvgIpc) is 2.93. The van der Waals surface area contributed by atoms with Crippen LogP contribution in [0.4, 0.5) is 0 Å². The summed E-state index contributed by atoms with van der Waals surface area (Å²) in [5.41, 5.74) is 6.30. The maximum Gasteiger partial charge on any atom is 0.255 e. The summed E-state index contributed by atoms with van der Waals surface area (Å²) >= 11 is 0. The molecule has 1 amide bonds. The van der Waals surface area contributed by atoms with Crippen molar-refractivity contribution >= 4 is 18.3 Å². The zero-order chi connectivity index (χ0) is 13.9. The smallest absolute Gasteiger partial charge is 0.255 e. The number of rotatable bonds is 3. The molecule has 2 unspecified atom stereocenters. The first-order chi connectivity index (χ1) is 9.79. The van der Waals surface area contributed by atoms with E-state index >= 15 is 0 Å². The molecule has 1 aromatic carbocycles. The third kappa shape index (κ3) is 3.24. The normalized spacial score (nSPS) is 23.3. The highest BCUT2D eigenvalue weighted by Gasteiger charge is 2.29. The fourth-order valence-corrected chi connectivity index (χ4v) is 3.01. The zero-order valence-electron chi connectivity index (χ0n) is 11.8. The molecular weight excluding hydrogens is 292 g/mol. The van der Waals surface area contributed by atoms with Crippen molar-refractivity contribution in [3.05, 3.63) is 23.8 Å². The molecule has 1 heterocycles. The molecule has 5 nitrogen and oxygen atoms in total. The van der Waals surface area contributed by atoms with E-state index in [0.717, 1.165) is 19.3 Å². The molecule has 0 saturated heterocycles. The summed E-state index contributed by atoms with van der Waals surface area (Å²) in [6.07, 6.45) is 3.22. The van der Waals surface area contributed by atoms with Gasteiger partial charge in [0.1, 0.15) is 13.2 Å². The Morgan fingerprint density at radius 1 is 1.29 bits per heavy atom. The maximum absolute atomic E-state index is 12.4. The molecule has 1 aliphatic heterocycles. The van der Waals surface area contributed by atoms with E-state index < -0.39 is 0 Å². The van der Waals surface area contributed by atoms with Gasteiger partial charge in [0.2, 0.25) is 0 Å². The summed E-state index contributed by atoms with van der Waals surface area (Å²) in [4.78, 5) is 12.4. The summed E-state index contributed by atoms with van der Waals surface area (Å²) in [7, 11) is 0. The number of amides is 1. The second-order valence-electron chi connectivity index (χ2n) is 5.34. The van der Waals surface area contributed by atoms with Gasteiger partial charge in [-0.2, -0.15) is 0 Å². The molecule has 1 saturated carbocycles. The minimum absolute atomic E-state index is 0. The molecule has 2 atom stereocenters. The SMILES string of the molecule is Cl.NCC1CCCC1NC(=O)c1cccc2c1OCCO2. The molecular formula is C15H21ClN2O3. The average molecular weight is 313 g/mol. The van der Waals surface area contributed by atoms with Crippen molar-refractivity contribution in [2.75, 3.05) is 19.8 Å². The van der Waals surface area contributed by atoms with Crippen LogP contribution in [0.15, 0.2) is 18.2 Å². The summed E-state index contributed by atoms with van der Waals surface area (Å²) in [6.45, 7) is 1.62. The molecule has 3 rings (SSSR count). The fourth-order valence-electron chi connectivity index (χ4n) is 3.01. The molecule has 0 bridgehead atoms. The standard InChI is InChI=1S/C15H20N2O3.ClH/c16-9-10-3-1-5-12(10)17-15(18)11-4-2-6-13-14(11)20-8-7-19-13;/h2,4,6,10,12H,1,3,5,7-9,16H2,(H,17,18);1H. The molecule has 2 aliphatic rings. The Labute approximate surface area is 130 Å². The predicted octanol–water partition coefficient (Wildman–Crippen LogP) is 1.74. The van der Waals surface area contributed by atoms with Crippen molar-refractivity contribution < 1.29 is 14.3 Å². The molecule has 3 N–H and O–H groups in total. The topological polar surface area (TPSA) is 73.6 Å². The van der Waals surface area contributed by atoms with Gasteiger partial charge in [0, 0.05) is 6.04 Å². The maximum atomic E-state index is 12.4. The van der Waals surface area contributed by atoms with Crippen molar-refractivity contribution in [1.82, 2.24) is 5.32 Å². The number of fused-ring (bicyclic) bond motifs is 1. The monoisotopic (exact) mass is 312 g/mol. The van der Waals surface area contributed by atoms with Gasteiger partial charge in [0.15, 0.2) is 11.5 Å². The highest BCUT2D eigenvalue weighted by molar-refractivity contribution is 5.98. The molecule has 0 spiro atoms. The van der Waals surface area contributed by atoms with Gasteiger partial charge in [0.05, 0.1) is 5.56 Å². The van der Waals surface area contributed by atoms with Gasteiger partial charge >= 0.3 is 0 Å². The van der Waals surface area contributed by atoms with Gasteiger partial charge in [-0.3, -0.25) is 4.79 Å². The molecule has 0 radical (unpaired) electrons. The zero-order valence-corrected chi connectivity index (χ0v) is 12.7. The lowest BCUT2D eigenvalue weighted by atomic mass is 10.0. The number of carbonyl (C=O) groups is 1. The number of carbonyl (C=O) groups excluding carboxylic acids is 1. The van der Waals surface area contributed by atoms with E-state index in [4.69, 9.17) is 15.2 Å². The van der Waals surface area contributed by atoms with Gasteiger partial charge in [-0.1, -0.05) is 12.5 Å². The quantitative estimate of drug-likeness (QED) is 0.891. The highest BCUT2D eigenvalue weighted by atomic mass is 35.5. The van der Waals surface area contributed by atoms with Crippen LogP contribution in [0.5, 0.6) is 11.5 Å². The Morgan fingerprint density at radius 3 is 2.90 bits per heavy atom. The largest absolute Gasteiger partial charge is 0.486 e. The van der Waals surface area contributed by atoms with E-state index in [1.54, 1.807) is 6.07 Å². The van der Waals surface area contributed by atoms with Crippen LogP contribution in [0.2, 0.25) is 0 Å². The number of hydrogen-bond acceptors (Lipinski definition) is 4. The third-order valence-corrected chi connectivity index (χ3v) is 4.09. The Hall–Kier alpha value is -1.46. The number of hydrogen-bond donors (Lipinski definition) is 2. The van der Waals surface area contributed by atoms with Gasteiger partial charge in [-0.25, -0.2) is 0 Å². The summed E-state index contributed by atoms with van der Waals surface area (Å²) < 4.78 is 11.1. The Morgan fingerprint density at radius 2 is 2.10 bits per heavy atom. The molecule has 116 valence electrons. The van der Waals surface area contributed by atoms with Crippen molar-refractivity contribution in [1.29, 1.82) is 0 Å². The number of ether oxygens (including phenoxy) is 2. The number of benzene rings is 1. The first-order valence-corrected chi connectivity index (χ1v) is 7.19. The Bertz CT molecular complexity index is 510. The van der Waals surface area contributed by atoms with Crippen molar-refractivity contribution in [2.24, 2.45) is 11.7 Å². The van der Waals surface area contributed by atoms with Crippen LogP contribution < -0.4 is 20.5 Å². The van der Waals surface area contributed by atoms with Crippen LogP contribution in [0.3, 0.4) is 0 Å². The van der Waals surface area contributed by atoms with E-state index in [1.165, 1.54) is 0 Å². The lowest BCUT2D eigenvalue weighted by molar-refractivity contribution is 0.0918. The second kappa shape index (κ2) is 7.00. The van der Waals surface area contributed by atoms with E-state index in [0.29, 0.717) is 42.7 Å². The van der Waals surface area contributed by atoms with Crippen molar-refractivity contribution in [3.63, 3.8) is 0 Å². The second-order valence-corrected chi connectivity index (χ2v) is 5.34. The molecule has 6 heteroatoms. The molecule has 1 aromatic rings. The summed E-state index contributed by atoms with van der Waals surface area (Å²) in [5.74, 6) is 1.48. The lowest BCUT2D eigenvalue weighted by Crippen LogP contribution is -2.40. The minimum Gasteiger partial charge on any atom is -0.486 e. The first-order valence-electron chi connectivity index (χ1n) is 7.19. The van der Waals surface area contributed by atoms with Crippen LogP contribution in [0.25, 0.3) is 0 Å². The molecule has 1 aliphatic carbocycles. The summed E-state index contributed by atoms with van der Waals surface area (Å²) in [5, 5.41) is 3.09. The Balaban J connectivity index is 0.00000161. The van der Waals surface area contributed by atoms with E-state index in [1.807, 2.05) is 12.1 Å². The number of halogens is 1. The molecule has 0 aromatic heterocycles. The predicted molar refractivity (Wildman–Crippen MR) is 82.3 cm³/mol. The minimum atomic E-state index is -0.0994. The van der Waals surface area contributed by atoms with Gasteiger partial charge in [-0.15, -0.1) is 12.4 Å². The van der Waals surface area contributed by atoms with Crippen LogP contribution >= 0.6 is 12.4 Å². The number of nitrogens with one attached hydrogen (secondary N) is 1. The molecule has 21 heavy (non-hydrogen) atoms. The highest BCUT2D eigenvalue weighted by Crippen LogP contribution is 2.34. The third-order valence-electron chi connectivity index (χ3n) is 4.09. The van der Waals surface area contributed by atoms with E-state index in [9.17, 15) is 4.79 Å². The molecule has 1 fully saturated rings. The van der Waals surface area contributed by atoms with Crippen LogP contribution in [-0.4, -0.2) is 31.7 Å². The van der Waals surface area contributed by atoms with Crippen LogP contribution in [-0.2, 0) is 0 Å². The first kappa shape index (κ1) is 15.9. The summed E-state index contributed by atoms with van der Waals surface area (Å²) in [6, 6.07) is 5.59. The Kier molecular flexibility index (Phi) is 5.31. The van der Waals surface area contributed by atoms with Crippen LogP contribution in [0.1, 0.15) is 29.6 Å². The van der Waals surface area contributed by atoms with E-state index in [2.05, 4.69) is 5.32 Å². The van der Waals surface area contributed by atoms with Gasteiger partial charge in [0.25, 0.3) is 5.91 Å².